The Labute approximate surface area is 154 Å². The molecule has 1 saturated heterocycles. The first-order valence-corrected chi connectivity index (χ1v) is 8.29. The standard InChI is InChI=1S/C19H17FN2O5/c1-19(12-4-6-15-16(8-12)27-10-26-15)17(23)22(18(24)21-19)9-11-3-5-14(25-2)13(20)7-11/h3-8H,9-10H2,1-2H3,(H,21,24). The maximum atomic E-state index is 13.9. The first kappa shape index (κ1) is 17.1. The molecule has 0 saturated carbocycles. The van der Waals surface area contributed by atoms with Crippen LogP contribution in [0.3, 0.4) is 0 Å². The molecule has 140 valence electrons. The lowest BCUT2D eigenvalue weighted by molar-refractivity contribution is -0.131. The number of methoxy groups -OCH3 is 1. The summed E-state index contributed by atoms with van der Waals surface area (Å²) in [6.45, 7) is 1.69. The first-order chi connectivity index (χ1) is 12.9. The highest BCUT2D eigenvalue weighted by molar-refractivity contribution is 6.07. The molecule has 27 heavy (non-hydrogen) atoms. The van der Waals surface area contributed by atoms with E-state index in [0.717, 1.165) is 4.90 Å². The van der Waals surface area contributed by atoms with Crippen molar-refractivity contribution in [1.29, 1.82) is 0 Å². The fourth-order valence-electron chi connectivity index (χ4n) is 3.23. The van der Waals surface area contributed by atoms with E-state index in [9.17, 15) is 14.0 Å². The van der Waals surface area contributed by atoms with Crippen molar-refractivity contribution >= 4 is 11.9 Å². The van der Waals surface area contributed by atoms with E-state index in [1.807, 2.05) is 0 Å². The molecule has 0 radical (unpaired) electrons. The Bertz CT molecular complexity index is 948. The van der Waals surface area contributed by atoms with Crippen LogP contribution < -0.4 is 19.5 Å². The molecule has 2 heterocycles. The van der Waals surface area contributed by atoms with E-state index in [1.54, 1.807) is 31.2 Å². The van der Waals surface area contributed by atoms with Crippen LogP contribution in [0.2, 0.25) is 0 Å². The van der Waals surface area contributed by atoms with Gasteiger partial charge in [0.25, 0.3) is 5.91 Å². The smallest absolute Gasteiger partial charge is 0.325 e. The van der Waals surface area contributed by atoms with E-state index in [-0.39, 0.29) is 19.1 Å². The van der Waals surface area contributed by atoms with Crippen LogP contribution in [0.4, 0.5) is 9.18 Å². The zero-order valence-corrected chi connectivity index (χ0v) is 14.7. The van der Waals surface area contributed by atoms with Crippen molar-refractivity contribution in [3.8, 4) is 17.2 Å². The van der Waals surface area contributed by atoms with Crippen molar-refractivity contribution in [3.63, 3.8) is 0 Å². The van der Waals surface area contributed by atoms with Gasteiger partial charge in [0.15, 0.2) is 23.1 Å². The number of carbonyl (C=O) groups excluding carboxylic acids is 2. The largest absolute Gasteiger partial charge is 0.494 e. The van der Waals surface area contributed by atoms with Crippen molar-refractivity contribution in [1.82, 2.24) is 10.2 Å². The predicted octanol–water partition coefficient (Wildman–Crippen LogP) is 2.53. The molecule has 1 fully saturated rings. The average molecular weight is 372 g/mol. The van der Waals surface area contributed by atoms with Gasteiger partial charge in [-0.15, -0.1) is 0 Å². The van der Waals surface area contributed by atoms with Crippen LogP contribution in [0.5, 0.6) is 17.2 Å². The third-order valence-corrected chi connectivity index (χ3v) is 4.78. The van der Waals surface area contributed by atoms with Crippen molar-refractivity contribution in [3.05, 3.63) is 53.3 Å². The number of hydrogen-bond donors (Lipinski definition) is 1. The highest BCUT2D eigenvalue weighted by atomic mass is 19.1. The molecule has 1 unspecified atom stereocenters. The minimum absolute atomic E-state index is 0.0499. The highest BCUT2D eigenvalue weighted by Gasteiger charge is 2.49. The summed E-state index contributed by atoms with van der Waals surface area (Å²) in [6, 6.07) is 8.86. The van der Waals surface area contributed by atoms with Crippen LogP contribution >= 0.6 is 0 Å². The second kappa shape index (κ2) is 6.15. The van der Waals surface area contributed by atoms with Crippen LogP contribution in [0.15, 0.2) is 36.4 Å². The van der Waals surface area contributed by atoms with Crippen LogP contribution in [0.1, 0.15) is 18.1 Å². The first-order valence-electron chi connectivity index (χ1n) is 8.29. The quantitative estimate of drug-likeness (QED) is 0.835. The third kappa shape index (κ3) is 2.73. The molecule has 7 nitrogen and oxygen atoms in total. The summed E-state index contributed by atoms with van der Waals surface area (Å²) in [5.41, 5.74) is -0.191. The molecule has 1 N–H and O–H groups in total. The normalized spacial score (nSPS) is 20.8. The fourth-order valence-corrected chi connectivity index (χ4v) is 3.23. The van der Waals surface area contributed by atoms with E-state index in [2.05, 4.69) is 5.32 Å². The van der Waals surface area contributed by atoms with E-state index in [1.165, 1.54) is 19.2 Å². The monoisotopic (exact) mass is 372 g/mol. The number of amides is 3. The summed E-state index contributed by atoms with van der Waals surface area (Å²) in [5, 5.41) is 2.72. The van der Waals surface area contributed by atoms with Gasteiger partial charge in [0.05, 0.1) is 13.7 Å². The van der Waals surface area contributed by atoms with Crippen LogP contribution in [0, 0.1) is 5.82 Å². The maximum Gasteiger partial charge on any atom is 0.325 e. The van der Waals surface area contributed by atoms with Gasteiger partial charge in [0.1, 0.15) is 5.54 Å². The van der Waals surface area contributed by atoms with Gasteiger partial charge >= 0.3 is 6.03 Å². The Morgan fingerprint density at radius 1 is 1.19 bits per heavy atom. The molecule has 8 heteroatoms. The molecule has 2 aliphatic heterocycles. The van der Waals surface area contributed by atoms with Crippen molar-refractivity contribution in [2.75, 3.05) is 13.9 Å². The second-order valence-corrected chi connectivity index (χ2v) is 6.48. The maximum absolute atomic E-state index is 13.9. The lowest BCUT2D eigenvalue weighted by atomic mass is 9.91. The number of hydrogen-bond acceptors (Lipinski definition) is 5. The summed E-state index contributed by atoms with van der Waals surface area (Å²) in [7, 11) is 1.37. The van der Waals surface area contributed by atoms with Gasteiger partial charge < -0.3 is 19.5 Å². The molecular weight excluding hydrogens is 355 g/mol. The average Bonchev–Trinajstić information content (AvgIpc) is 3.20. The number of benzene rings is 2. The number of imide groups is 1. The molecule has 2 aliphatic rings. The van der Waals surface area contributed by atoms with Gasteiger partial charge in [-0.1, -0.05) is 12.1 Å². The van der Waals surface area contributed by atoms with Crippen molar-refractivity contribution in [2.45, 2.75) is 19.0 Å². The zero-order chi connectivity index (χ0) is 19.2. The second-order valence-electron chi connectivity index (χ2n) is 6.48. The number of ether oxygens (including phenoxy) is 3. The van der Waals surface area contributed by atoms with Gasteiger partial charge in [0, 0.05) is 0 Å². The molecule has 1 atom stereocenters. The molecule has 0 aliphatic carbocycles. The zero-order valence-electron chi connectivity index (χ0n) is 14.7. The van der Waals surface area contributed by atoms with Crippen molar-refractivity contribution < 1.29 is 28.2 Å². The predicted molar refractivity (Wildman–Crippen MR) is 92.0 cm³/mol. The topological polar surface area (TPSA) is 77.1 Å². The number of nitrogens with zero attached hydrogens (tertiary/aromatic N) is 1. The minimum atomic E-state index is -1.25. The summed E-state index contributed by atoms with van der Waals surface area (Å²) in [4.78, 5) is 26.5. The van der Waals surface area contributed by atoms with Crippen LogP contribution in [0.25, 0.3) is 0 Å². The lowest BCUT2D eigenvalue weighted by Gasteiger charge is -2.22. The number of fused-ring (bicyclic) bond motifs is 1. The Morgan fingerprint density at radius 3 is 2.70 bits per heavy atom. The Balaban J connectivity index is 1.61. The number of nitrogens with one attached hydrogen (secondary N) is 1. The molecule has 0 spiro atoms. The number of halogens is 1. The highest BCUT2D eigenvalue weighted by Crippen LogP contribution is 2.38. The van der Waals surface area contributed by atoms with E-state index in [4.69, 9.17) is 14.2 Å². The SMILES string of the molecule is COc1ccc(CN2C(=O)NC(C)(c3ccc4c(c3)OCO4)C2=O)cc1F. The van der Waals surface area contributed by atoms with Crippen LogP contribution in [-0.4, -0.2) is 30.7 Å². The lowest BCUT2D eigenvalue weighted by Crippen LogP contribution is -2.40. The fraction of sp³-hybridized carbons (Fsp3) is 0.263. The minimum Gasteiger partial charge on any atom is -0.494 e. The summed E-state index contributed by atoms with van der Waals surface area (Å²) in [6.07, 6.45) is 0. The van der Waals surface area contributed by atoms with Crippen LogP contribution in [-0.2, 0) is 16.9 Å². The van der Waals surface area contributed by atoms with E-state index < -0.39 is 23.3 Å². The molecule has 4 rings (SSSR count). The van der Waals surface area contributed by atoms with Gasteiger partial charge in [0.2, 0.25) is 6.79 Å². The van der Waals surface area contributed by atoms with Gasteiger partial charge in [-0.05, 0) is 42.3 Å². The summed E-state index contributed by atoms with van der Waals surface area (Å²) >= 11 is 0. The van der Waals surface area contributed by atoms with E-state index >= 15 is 0 Å². The summed E-state index contributed by atoms with van der Waals surface area (Å²) < 4.78 is 29.4. The van der Waals surface area contributed by atoms with Crippen molar-refractivity contribution in [2.24, 2.45) is 0 Å². The number of urea groups is 1. The number of rotatable bonds is 4. The Hall–Kier alpha value is -3.29. The Morgan fingerprint density at radius 2 is 1.96 bits per heavy atom. The van der Waals surface area contributed by atoms with E-state index in [0.29, 0.717) is 22.6 Å². The van der Waals surface area contributed by atoms with Gasteiger partial charge in [-0.25, -0.2) is 9.18 Å². The molecule has 2 aromatic carbocycles. The molecular formula is C19H17FN2O5. The third-order valence-electron chi connectivity index (χ3n) is 4.78. The Kier molecular flexibility index (Phi) is 3.91. The summed E-state index contributed by atoms with van der Waals surface area (Å²) in [5.74, 6) is 0.223. The molecule has 2 aromatic rings. The van der Waals surface area contributed by atoms with Gasteiger partial charge in [-0.3, -0.25) is 9.69 Å². The molecule has 0 bridgehead atoms. The number of carbonyl (C=O) groups is 2. The van der Waals surface area contributed by atoms with Gasteiger partial charge in [-0.2, -0.15) is 0 Å². The molecule has 3 amide bonds. The molecule has 0 aromatic heterocycles.